The number of carbonyl (C=O) groups is 3. The van der Waals surface area contributed by atoms with Gasteiger partial charge in [-0.3, -0.25) is 14.4 Å². The molecule has 7 heteroatoms. The third kappa shape index (κ3) is 6.02. The zero-order chi connectivity index (χ0) is 20.8. The summed E-state index contributed by atoms with van der Waals surface area (Å²) in [7, 11) is 0. The maximum atomic E-state index is 12.4. The van der Waals surface area contributed by atoms with Crippen molar-refractivity contribution in [1.29, 1.82) is 0 Å². The van der Waals surface area contributed by atoms with Crippen LogP contribution in [0.4, 0.5) is 5.69 Å². The molecule has 29 heavy (non-hydrogen) atoms. The second-order valence-corrected chi connectivity index (χ2v) is 8.24. The lowest BCUT2D eigenvalue weighted by Gasteiger charge is -2.11. The van der Waals surface area contributed by atoms with E-state index in [9.17, 15) is 14.4 Å². The largest absolute Gasteiger partial charge is 0.352 e. The van der Waals surface area contributed by atoms with Gasteiger partial charge in [0, 0.05) is 18.7 Å². The van der Waals surface area contributed by atoms with E-state index in [1.165, 1.54) is 11.8 Å². The van der Waals surface area contributed by atoms with E-state index < -0.39 is 5.25 Å². The van der Waals surface area contributed by atoms with Crippen molar-refractivity contribution in [2.24, 2.45) is 4.99 Å². The van der Waals surface area contributed by atoms with E-state index in [1.54, 1.807) is 0 Å². The molecule has 2 N–H and O–H groups in total. The summed E-state index contributed by atoms with van der Waals surface area (Å²) in [6, 6.07) is 15.4. The van der Waals surface area contributed by atoms with Crippen LogP contribution in [0.15, 0.2) is 53.5 Å². The Bertz CT molecular complexity index is 957. The number of rotatable bonds is 7. The molecule has 0 bridgehead atoms. The van der Waals surface area contributed by atoms with E-state index in [2.05, 4.69) is 15.6 Å². The van der Waals surface area contributed by atoms with Gasteiger partial charge in [0.25, 0.3) is 5.91 Å². The molecular weight excluding hydrogens is 386 g/mol. The van der Waals surface area contributed by atoms with Gasteiger partial charge >= 0.3 is 0 Å². The Morgan fingerprint density at radius 2 is 1.83 bits per heavy atom. The van der Waals surface area contributed by atoms with Gasteiger partial charge in [0.15, 0.2) is 0 Å². The van der Waals surface area contributed by atoms with E-state index in [0.717, 1.165) is 22.4 Å². The van der Waals surface area contributed by atoms with Crippen LogP contribution in [0.2, 0.25) is 0 Å². The highest BCUT2D eigenvalue weighted by Crippen LogP contribution is 2.27. The van der Waals surface area contributed by atoms with E-state index in [1.807, 2.05) is 62.4 Å². The fourth-order valence-corrected chi connectivity index (χ4v) is 3.96. The van der Waals surface area contributed by atoms with E-state index >= 15 is 0 Å². The molecule has 2 aromatic rings. The Balaban J connectivity index is 1.47. The van der Waals surface area contributed by atoms with Crippen molar-refractivity contribution >= 4 is 40.2 Å². The molecule has 0 radical (unpaired) electrons. The van der Waals surface area contributed by atoms with Gasteiger partial charge in [-0.05, 0) is 36.6 Å². The van der Waals surface area contributed by atoms with Crippen molar-refractivity contribution in [3.63, 3.8) is 0 Å². The van der Waals surface area contributed by atoms with Crippen LogP contribution in [0.25, 0.3) is 0 Å². The lowest BCUT2D eigenvalue weighted by Crippen LogP contribution is -2.24. The summed E-state index contributed by atoms with van der Waals surface area (Å²) in [6.07, 6.45) is 0.0634. The third-order valence-corrected chi connectivity index (χ3v) is 5.63. The SMILES string of the molecule is Cc1ccc(C)c(NC(=O)C[C@@H]2SC(CC(=O)NCc3ccccc3)=NC2=O)c1. The van der Waals surface area contributed by atoms with Crippen LogP contribution in [0.3, 0.4) is 0 Å². The fourth-order valence-electron chi connectivity index (χ4n) is 2.88. The predicted molar refractivity (Wildman–Crippen MR) is 116 cm³/mol. The normalized spacial score (nSPS) is 15.7. The molecule has 0 saturated carbocycles. The highest BCUT2D eigenvalue weighted by Gasteiger charge is 2.31. The van der Waals surface area contributed by atoms with Gasteiger partial charge in [-0.2, -0.15) is 0 Å². The Hall–Kier alpha value is -2.93. The third-order valence-electron chi connectivity index (χ3n) is 4.47. The highest BCUT2D eigenvalue weighted by molar-refractivity contribution is 8.15. The average Bonchev–Trinajstić information content (AvgIpc) is 3.02. The van der Waals surface area contributed by atoms with Gasteiger partial charge in [0.1, 0.15) is 5.25 Å². The number of nitrogens with zero attached hydrogens (tertiary/aromatic N) is 1. The molecule has 0 fully saturated rings. The predicted octanol–water partition coefficient (Wildman–Crippen LogP) is 3.38. The van der Waals surface area contributed by atoms with Gasteiger partial charge in [0.05, 0.1) is 11.5 Å². The smallest absolute Gasteiger partial charge is 0.260 e. The lowest BCUT2D eigenvalue weighted by molar-refractivity contribution is -0.121. The second kappa shape index (κ2) is 9.52. The first kappa shape index (κ1) is 20.8. The van der Waals surface area contributed by atoms with Crippen LogP contribution in [-0.4, -0.2) is 28.0 Å². The molecule has 0 unspecified atom stereocenters. The maximum absolute atomic E-state index is 12.4. The molecule has 6 nitrogen and oxygen atoms in total. The molecule has 0 spiro atoms. The van der Waals surface area contributed by atoms with Gasteiger partial charge in [0.2, 0.25) is 11.8 Å². The minimum atomic E-state index is -0.586. The molecule has 0 saturated heterocycles. The minimum Gasteiger partial charge on any atom is -0.352 e. The number of thioether (sulfide) groups is 1. The number of aliphatic imine (C=N–C) groups is 1. The van der Waals surface area contributed by atoms with Crippen molar-refractivity contribution in [2.45, 2.75) is 38.5 Å². The monoisotopic (exact) mass is 409 g/mol. The van der Waals surface area contributed by atoms with Crippen LogP contribution in [0.5, 0.6) is 0 Å². The minimum absolute atomic E-state index is 0.0233. The first-order valence-corrected chi connectivity index (χ1v) is 10.2. The number of nitrogens with one attached hydrogen (secondary N) is 2. The molecule has 0 aromatic heterocycles. The summed E-state index contributed by atoms with van der Waals surface area (Å²) in [5.74, 6) is -0.806. The van der Waals surface area contributed by atoms with Crippen molar-refractivity contribution < 1.29 is 14.4 Å². The lowest BCUT2D eigenvalue weighted by atomic mass is 10.1. The topological polar surface area (TPSA) is 87.6 Å². The van der Waals surface area contributed by atoms with Crippen LogP contribution >= 0.6 is 11.8 Å². The number of benzene rings is 2. The molecule has 3 rings (SSSR count). The van der Waals surface area contributed by atoms with E-state index in [0.29, 0.717) is 11.6 Å². The first-order valence-electron chi connectivity index (χ1n) is 9.36. The van der Waals surface area contributed by atoms with Gasteiger partial charge < -0.3 is 10.6 Å². The van der Waals surface area contributed by atoms with Gasteiger partial charge in [-0.15, -0.1) is 0 Å². The summed E-state index contributed by atoms with van der Waals surface area (Å²) in [5.41, 5.74) is 3.75. The summed E-state index contributed by atoms with van der Waals surface area (Å²) >= 11 is 1.19. The summed E-state index contributed by atoms with van der Waals surface area (Å²) in [4.78, 5) is 40.6. The molecule has 3 amide bonds. The van der Waals surface area contributed by atoms with E-state index in [-0.39, 0.29) is 30.6 Å². The molecule has 0 aliphatic carbocycles. The summed E-state index contributed by atoms with van der Waals surface area (Å²) in [5, 5.41) is 5.54. The highest BCUT2D eigenvalue weighted by atomic mass is 32.2. The number of carbonyl (C=O) groups excluding carboxylic acids is 3. The average molecular weight is 410 g/mol. The number of aryl methyl sites for hydroxylation is 2. The standard InChI is InChI=1S/C22H23N3O3S/c1-14-8-9-15(2)17(10-14)24-20(27)11-18-22(28)25-21(29-18)12-19(26)23-13-16-6-4-3-5-7-16/h3-10,18H,11-13H2,1-2H3,(H,23,26)(H,24,27)/t18-/m0/s1. The van der Waals surface area contributed by atoms with Crippen molar-refractivity contribution in [3.05, 3.63) is 65.2 Å². The maximum Gasteiger partial charge on any atom is 0.260 e. The molecule has 1 atom stereocenters. The molecule has 1 aliphatic heterocycles. The van der Waals surface area contributed by atoms with Crippen LogP contribution in [0.1, 0.15) is 29.5 Å². The van der Waals surface area contributed by atoms with Gasteiger partial charge in [-0.25, -0.2) is 4.99 Å². The van der Waals surface area contributed by atoms with Crippen LogP contribution < -0.4 is 10.6 Å². The first-order chi connectivity index (χ1) is 13.9. The Labute approximate surface area is 174 Å². The number of anilines is 1. The summed E-state index contributed by atoms with van der Waals surface area (Å²) in [6.45, 7) is 4.29. The fraction of sp³-hybridized carbons (Fsp3) is 0.273. The molecule has 1 heterocycles. The Morgan fingerprint density at radius 1 is 1.07 bits per heavy atom. The van der Waals surface area contributed by atoms with Crippen molar-refractivity contribution in [3.8, 4) is 0 Å². The van der Waals surface area contributed by atoms with Crippen molar-refractivity contribution in [2.75, 3.05) is 5.32 Å². The molecule has 150 valence electrons. The molecule has 2 aromatic carbocycles. The summed E-state index contributed by atoms with van der Waals surface area (Å²) < 4.78 is 0. The Morgan fingerprint density at radius 3 is 2.59 bits per heavy atom. The van der Waals surface area contributed by atoms with Crippen LogP contribution in [-0.2, 0) is 20.9 Å². The molecule has 1 aliphatic rings. The number of hydrogen-bond acceptors (Lipinski definition) is 4. The number of hydrogen-bond donors (Lipinski definition) is 2. The van der Waals surface area contributed by atoms with E-state index in [4.69, 9.17) is 0 Å². The zero-order valence-electron chi connectivity index (χ0n) is 16.4. The zero-order valence-corrected chi connectivity index (χ0v) is 17.2. The second-order valence-electron chi connectivity index (χ2n) is 6.96. The van der Waals surface area contributed by atoms with Gasteiger partial charge in [-0.1, -0.05) is 54.2 Å². The number of amides is 3. The molecular formula is C22H23N3O3S. The Kier molecular flexibility index (Phi) is 6.82. The quantitative estimate of drug-likeness (QED) is 0.734. The van der Waals surface area contributed by atoms with Crippen molar-refractivity contribution in [1.82, 2.24) is 5.32 Å². The van der Waals surface area contributed by atoms with Crippen LogP contribution in [0, 0.1) is 13.8 Å².